The molecule has 0 aliphatic carbocycles. The number of carbonyl (C=O) groups excluding carboxylic acids is 2. The van der Waals surface area contributed by atoms with Crippen molar-refractivity contribution in [1.82, 2.24) is 9.80 Å². The lowest BCUT2D eigenvalue weighted by atomic mass is 9.77. The Hall–Kier alpha value is -2.57. The van der Waals surface area contributed by atoms with Crippen LogP contribution in [0.15, 0.2) is 48.5 Å². The van der Waals surface area contributed by atoms with Crippen molar-refractivity contribution in [2.75, 3.05) is 46.0 Å². The molecule has 0 aromatic heterocycles. The fourth-order valence-corrected chi connectivity index (χ4v) is 4.71. The van der Waals surface area contributed by atoms with Crippen LogP contribution in [0.5, 0.6) is 5.75 Å². The van der Waals surface area contributed by atoms with Crippen molar-refractivity contribution in [3.63, 3.8) is 0 Å². The molecule has 0 radical (unpaired) electrons. The fraction of sp³-hybridized carbons (Fsp3) is 0.462. The minimum absolute atomic E-state index is 0.00406. The van der Waals surface area contributed by atoms with E-state index in [1.807, 2.05) is 53.1 Å². The van der Waals surface area contributed by atoms with Gasteiger partial charge in [0.2, 0.25) is 5.91 Å². The van der Waals surface area contributed by atoms with E-state index < -0.39 is 5.41 Å². The molecule has 2 amide bonds. The van der Waals surface area contributed by atoms with Crippen LogP contribution in [0.3, 0.4) is 0 Å². The molecule has 2 fully saturated rings. The van der Waals surface area contributed by atoms with Gasteiger partial charge in [-0.25, -0.2) is 0 Å². The van der Waals surface area contributed by atoms with E-state index in [0.29, 0.717) is 68.8 Å². The normalized spacial score (nSPS) is 21.0. The molecule has 7 heteroatoms. The first-order valence-electron chi connectivity index (χ1n) is 11.5. The van der Waals surface area contributed by atoms with Crippen molar-refractivity contribution in [2.24, 2.45) is 5.41 Å². The Morgan fingerprint density at radius 2 is 1.70 bits per heavy atom. The van der Waals surface area contributed by atoms with Gasteiger partial charge in [-0.2, -0.15) is 0 Å². The molecule has 2 heterocycles. The van der Waals surface area contributed by atoms with Crippen molar-refractivity contribution >= 4 is 23.4 Å². The van der Waals surface area contributed by atoms with Gasteiger partial charge in [-0.1, -0.05) is 29.3 Å². The Balaban J connectivity index is 1.52. The lowest BCUT2D eigenvalue weighted by molar-refractivity contribution is -0.139. The van der Waals surface area contributed by atoms with Gasteiger partial charge in [0, 0.05) is 48.6 Å². The summed E-state index contributed by atoms with van der Waals surface area (Å²) in [5.74, 6) is 0.812. The Morgan fingerprint density at radius 3 is 2.39 bits per heavy atom. The predicted molar refractivity (Wildman–Crippen MR) is 128 cm³/mol. The first-order chi connectivity index (χ1) is 15.9. The second kappa shape index (κ2) is 10.6. The summed E-state index contributed by atoms with van der Waals surface area (Å²) in [6.45, 7) is 5.90. The number of carbonyl (C=O) groups is 2. The SMILES string of the molecule is Cc1ccc(C(=O)N2CCC[C@@](COc3ccc(Cl)cc3)(CC(=O)N3CCOCC3)C2)cc1. The van der Waals surface area contributed by atoms with E-state index in [9.17, 15) is 9.59 Å². The van der Waals surface area contributed by atoms with Crippen LogP contribution in [0.25, 0.3) is 0 Å². The summed E-state index contributed by atoms with van der Waals surface area (Å²) >= 11 is 6.00. The smallest absolute Gasteiger partial charge is 0.253 e. The summed E-state index contributed by atoms with van der Waals surface area (Å²) in [6, 6.07) is 14.9. The number of hydrogen-bond acceptors (Lipinski definition) is 4. The van der Waals surface area contributed by atoms with Crippen LogP contribution in [0, 0.1) is 12.3 Å². The number of nitrogens with zero attached hydrogens (tertiary/aromatic N) is 2. The third-order valence-electron chi connectivity index (χ3n) is 6.50. The molecule has 2 aromatic carbocycles. The molecular formula is C26H31ClN2O4. The maximum Gasteiger partial charge on any atom is 0.253 e. The molecule has 2 aromatic rings. The Labute approximate surface area is 200 Å². The average molecular weight is 471 g/mol. The molecule has 33 heavy (non-hydrogen) atoms. The summed E-state index contributed by atoms with van der Waals surface area (Å²) < 4.78 is 11.6. The van der Waals surface area contributed by atoms with Gasteiger partial charge < -0.3 is 19.3 Å². The van der Waals surface area contributed by atoms with E-state index in [1.54, 1.807) is 12.1 Å². The van der Waals surface area contributed by atoms with E-state index in [2.05, 4.69) is 0 Å². The van der Waals surface area contributed by atoms with Crippen LogP contribution in [0.1, 0.15) is 35.2 Å². The molecule has 2 saturated heterocycles. The average Bonchev–Trinajstić information content (AvgIpc) is 2.84. The molecule has 0 bridgehead atoms. The zero-order valence-electron chi connectivity index (χ0n) is 19.1. The van der Waals surface area contributed by atoms with Crippen LogP contribution >= 0.6 is 11.6 Å². The van der Waals surface area contributed by atoms with Crippen LogP contribution in [0.4, 0.5) is 0 Å². The number of piperidine rings is 1. The van der Waals surface area contributed by atoms with Gasteiger partial charge in [0.05, 0.1) is 19.8 Å². The highest BCUT2D eigenvalue weighted by atomic mass is 35.5. The minimum atomic E-state index is -0.451. The summed E-state index contributed by atoms with van der Waals surface area (Å²) in [5, 5.41) is 0.645. The van der Waals surface area contributed by atoms with Gasteiger partial charge in [-0.15, -0.1) is 0 Å². The number of rotatable bonds is 6. The number of hydrogen-bond donors (Lipinski definition) is 0. The predicted octanol–water partition coefficient (Wildman–Crippen LogP) is 4.20. The van der Waals surface area contributed by atoms with Gasteiger partial charge in [0.15, 0.2) is 0 Å². The number of amides is 2. The Kier molecular flexibility index (Phi) is 7.56. The van der Waals surface area contributed by atoms with Crippen molar-refractivity contribution in [2.45, 2.75) is 26.2 Å². The zero-order valence-corrected chi connectivity index (χ0v) is 19.9. The zero-order chi connectivity index (χ0) is 23.3. The summed E-state index contributed by atoms with van der Waals surface area (Å²) in [4.78, 5) is 30.2. The Bertz CT molecular complexity index is 957. The van der Waals surface area contributed by atoms with E-state index >= 15 is 0 Å². The lowest BCUT2D eigenvalue weighted by Gasteiger charge is -2.43. The molecule has 0 saturated carbocycles. The van der Waals surface area contributed by atoms with E-state index in [1.165, 1.54) is 0 Å². The second-order valence-corrected chi connectivity index (χ2v) is 9.55. The van der Waals surface area contributed by atoms with Crippen LogP contribution in [-0.2, 0) is 9.53 Å². The standard InChI is InChI=1S/C26H31ClN2O4/c1-20-3-5-21(6-4-20)25(31)29-12-2-11-26(18-29,17-24(30)28-13-15-32-16-14-28)19-33-23-9-7-22(27)8-10-23/h3-10H,2,11-19H2,1H3/t26-/m1/s1. The largest absolute Gasteiger partial charge is 0.493 e. The summed E-state index contributed by atoms with van der Waals surface area (Å²) in [5.41, 5.74) is 1.34. The summed E-state index contributed by atoms with van der Waals surface area (Å²) in [7, 11) is 0. The van der Waals surface area contributed by atoms with Gasteiger partial charge >= 0.3 is 0 Å². The lowest BCUT2D eigenvalue weighted by Crippen LogP contribution is -2.52. The molecule has 0 spiro atoms. The number of morpholine rings is 1. The minimum Gasteiger partial charge on any atom is -0.493 e. The third-order valence-corrected chi connectivity index (χ3v) is 6.75. The van der Waals surface area contributed by atoms with Crippen LogP contribution in [0.2, 0.25) is 5.02 Å². The van der Waals surface area contributed by atoms with Gasteiger partial charge in [-0.05, 0) is 56.2 Å². The fourth-order valence-electron chi connectivity index (χ4n) is 4.59. The quantitative estimate of drug-likeness (QED) is 0.635. The first-order valence-corrected chi connectivity index (χ1v) is 11.9. The maximum atomic E-state index is 13.3. The van der Waals surface area contributed by atoms with Crippen molar-refractivity contribution in [3.05, 3.63) is 64.7 Å². The molecular weight excluding hydrogens is 440 g/mol. The topological polar surface area (TPSA) is 59.1 Å². The molecule has 1 atom stereocenters. The van der Waals surface area contributed by atoms with E-state index in [-0.39, 0.29) is 11.8 Å². The summed E-state index contributed by atoms with van der Waals surface area (Å²) in [6.07, 6.45) is 2.00. The van der Waals surface area contributed by atoms with Gasteiger partial charge in [-0.3, -0.25) is 9.59 Å². The van der Waals surface area contributed by atoms with E-state index in [4.69, 9.17) is 21.1 Å². The molecule has 2 aliphatic heterocycles. The number of benzene rings is 2. The molecule has 176 valence electrons. The molecule has 6 nitrogen and oxygen atoms in total. The van der Waals surface area contributed by atoms with Crippen molar-refractivity contribution in [3.8, 4) is 5.75 Å². The number of halogens is 1. The monoisotopic (exact) mass is 470 g/mol. The highest BCUT2D eigenvalue weighted by Gasteiger charge is 2.41. The number of likely N-dealkylation sites (tertiary alicyclic amines) is 1. The number of aryl methyl sites for hydroxylation is 1. The highest BCUT2D eigenvalue weighted by molar-refractivity contribution is 6.30. The van der Waals surface area contributed by atoms with Crippen molar-refractivity contribution in [1.29, 1.82) is 0 Å². The highest BCUT2D eigenvalue weighted by Crippen LogP contribution is 2.36. The molecule has 0 unspecified atom stereocenters. The van der Waals surface area contributed by atoms with E-state index in [0.717, 1.165) is 18.4 Å². The first kappa shape index (κ1) is 23.6. The molecule has 4 rings (SSSR count). The van der Waals surface area contributed by atoms with Crippen LogP contribution in [-0.4, -0.2) is 67.6 Å². The molecule has 0 N–H and O–H groups in total. The molecule has 2 aliphatic rings. The maximum absolute atomic E-state index is 13.3. The second-order valence-electron chi connectivity index (χ2n) is 9.11. The van der Waals surface area contributed by atoms with Gasteiger partial charge in [0.25, 0.3) is 5.91 Å². The van der Waals surface area contributed by atoms with Crippen molar-refractivity contribution < 1.29 is 19.1 Å². The van der Waals surface area contributed by atoms with Gasteiger partial charge in [0.1, 0.15) is 5.75 Å². The Morgan fingerprint density at radius 1 is 1.00 bits per heavy atom. The van der Waals surface area contributed by atoms with Crippen LogP contribution < -0.4 is 4.74 Å². The third kappa shape index (κ3) is 6.06. The number of ether oxygens (including phenoxy) is 2.